The Morgan fingerprint density at radius 3 is 2.50 bits per heavy atom. The van der Waals surface area contributed by atoms with E-state index in [9.17, 15) is 9.59 Å². The Labute approximate surface area is 130 Å². The fourth-order valence-corrected chi connectivity index (χ4v) is 2.48. The zero-order valence-electron chi connectivity index (χ0n) is 13.0. The minimum Gasteiger partial charge on any atom is -0.469 e. The Morgan fingerprint density at radius 2 is 1.82 bits per heavy atom. The first-order chi connectivity index (χ1) is 10.6. The Morgan fingerprint density at radius 1 is 1.09 bits per heavy atom. The SMILES string of the molecule is COC(=O)CCCC(=O)c1cccn1[C@H](C)c1ccccc1. The zero-order valence-corrected chi connectivity index (χ0v) is 13.0. The third kappa shape index (κ3) is 3.85. The Hall–Kier alpha value is -2.36. The highest BCUT2D eigenvalue weighted by Crippen LogP contribution is 2.21. The topological polar surface area (TPSA) is 48.3 Å². The third-order valence-corrected chi connectivity index (χ3v) is 3.78. The number of benzene rings is 1. The van der Waals surface area contributed by atoms with E-state index in [1.807, 2.05) is 41.1 Å². The first kappa shape index (κ1) is 16.0. The van der Waals surface area contributed by atoms with E-state index in [1.165, 1.54) is 7.11 Å². The zero-order chi connectivity index (χ0) is 15.9. The molecule has 1 atom stereocenters. The molecule has 0 unspecified atom stereocenters. The Bertz CT molecular complexity index is 631. The van der Waals surface area contributed by atoms with Gasteiger partial charge in [0.05, 0.1) is 18.8 Å². The molecule has 0 fully saturated rings. The van der Waals surface area contributed by atoms with Crippen LogP contribution in [0.5, 0.6) is 0 Å². The lowest BCUT2D eigenvalue weighted by molar-refractivity contribution is -0.140. The molecule has 1 aromatic carbocycles. The largest absolute Gasteiger partial charge is 0.469 e. The summed E-state index contributed by atoms with van der Waals surface area (Å²) in [5.41, 5.74) is 1.84. The van der Waals surface area contributed by atoms with Crippen LogP contribution in [-0.2, 0) is 9.53 Å². The maximum Gasteiger partial charge on any atom is 0.305 e. The molecule has 0 amide bonds. The van der Waals surface area contributed by atoms with Crippen LogP contribution in [0, 0.1) is 0 Å². The number of rotatable bonds is 7. The molecule has 1 aromatic heterocycles. The number of ether oxygens (including phenoxy) is 1. The fourth-order valence-electron chi connectivity index (χ4n) is 2.48. The van der Waals surface area contributed by atoms with E-state index < -0.39 is 0 Å². The minimum absolute atomic E-state index is 0.0525. The molecule has 4 nitrogen and oxygen atoms in total. The number of Topliss-reactive ketones (excluding diaryl/α,β-unsaturated/α-hetero) is 1. The number of carbonyl (C=O) groups excluding carboxylic acids is 2. The van der Waals surface area contributed by atoms with Gasteiger partial charge in [0.1, 0.15) is 0 Å². The lowest BCUT2D eigenvalue weighted by atomic mass is 10.1. The predicted molar refractivity (Wildman–Crippen MR) is 84.9 cm³/mol. The maximum absolute atomic E-state index is 12.4. The second-order valence-corrected chi connectivity index (χ2v) is 5.24. The smallest absolute Gasteiger partial charge is 0.305 e. The van der Waals surface area contributed by atoms with Crippen molar-refractivity contribution >= 4 is 11.8 Å². The van der Waals surface area contributed by atoms with Crippen molar-refractivity contribution in [3.63, 3.8) is 0 Å². The van der Waals surface area contributed by atoms with Crippen LogP contribution in [0.3, 0.4) is 0 Å². The van der Waals surface area contributed by atoms with Gasteiger partial charge in [-0.3, -0.25) is 9.59 Å². The number of esters is 1. The first-order valence-corrected chi connectivity index (χ1v) is 7.45. The van der Waals surface area contributed by atoms with Gasteiger partial charge in [-0.1, -0.05) is 30.3 Å². The van der Waals surface area contributed by atoms with Gasteiger partial charge in [-0.2, -0.15) is 0 Å². The summed E-state index contributed by atoms with van der Waals surface area (Å²) >= 11 is 0. The number of hydrogen-bond acceptors (Lipinski definition) is 3. The monoisotopic (exact) mass is 299 g/mol. The predicted octanol–water partition coefficient (Wildman–Crippen LogP) is 3.62. The molecule has 22 heavy (non-hydrogen) atoms. The summed E-state index contributed by atoms with van der Waals surface area (Å²) in [6, 6.07) is 13.9. The summed E-state index contributed by atoms with van der Waals surface area (Å²) in [6.07, 6.45) is 3.05. The van der Waals surface area contributed by atoms with E-state index in [-0.39, 0.29) is 24.2 Å². The molecule has 2 rings (SSSR count). The molecule has 0 spiro atoms. The normalized spacial score (nSPS) is 11.9. The van der Waals surface area contributed by atoms with Crippen molar-refractivity contribution < 1.29 is 14.3 Å². The molecule has 0 aliphatic rings. The van der Waals surface area contributed by atoms with Crippen molar-refractivity contribution in [2.24, 2.45) is 0 Å². The summed E-state index contributed by atoms with van der Waals surface area (Å²) in [5, 5.41) is 0. The van der Waals surface area contributed by atoms with Crippen LogP contribution in [0.15, 0.2) is 48.7 Å². The summed E-state index contributed by atoms with van der Waals surface area (Å²) in [7, 11) is 1.36. The summed E-state index contributed by atoms with van der Waals surface area (Å²) in [6.45, 7) is 2.07. The number of hydrogen-bond donors (Lipinski definition) is 0. The minimum atomic E-state index is -0.277. The van der Waals surface area contributed by atoms with Crippen molar-refractivity contribution in [3.8, 4) is 0 Å². The quantitative estimate of drug-likeness (QED) is 0.579. The van der Waals surface area contributed by atoms with Gasteiger partial charge in [0.25, 0.3) is 0 Å². The van der Waals surface area contributed by atoms with E-state index in [4.69, 9.17) is 0 Å². The van der Waals surface area contributed by atoms with Crippen LogP contribution < -0.4 is 0 Å². The van der Waals surface area contributed by atoms with Crippen LogP contribution in [0.2, 0.25) is 0 Å². The second-order valence-electron chi connectivity index (χ2n) is 5.24. The highest BCUT2D eigenvalue weighted by Gasteiger charge is 2.16. The van der Waals surface area contributed by atoms with Gasteiger partial charge >= 0.3 is 5.97 Å². The van der Waals surface area contributed by atoms with Crippen molar-refractivity contribution in [1.29, 1.82) is 0 Å². The Balaban J connectivity index is 2.06. The van der Waals surface area contributed by atoms with Crippen molar-refractivity contribution in [2.45, 2.75) is 32.2 Å². The maximum atomic E-state index is 12.4. The molecule has 0 radical (unpaired) electrons. The first-order valence-electron chi connectivity index (χ1n) is 7.45. The van der Waals surface area contributed by atoms with Gasteiger partial charge in [-0.05, 0) is 31.0 Å². The van der Waals surface area contributed by atoms with Gasteiger partial charge in [0.2, 0.25) is 0 Å². The average molecular weight is 299 g/mol. The van der Waals surface area contributed by atoms with Crippen LogP contribution >= 0.6 is 0 Å². The van der Waals surface area contributed by atoms with Crippen molar-refractivity contribution in [3.05, 3.63) is 59.9 Å². The number of carbonyl (C=O) groups is 2. The van der Waals surface area contributed by atoms with Crippen LogP contribution in [0.1, 0.15) is 48.3 Å². The molecular formula is C18H21NO3. The Kier molecular flexibility index (Phi) is 5.53. The fraction of sp³-hybridized carbons (Fsp3) is 0.333. The molecule has 0 aliphatic carbocycles. The average Bonchev–Trinajstić information content (AvgIpc) is 3.04. The molecule has 2 aromatic rings. The molecular weight excluding hydrogens is 278 g/mol. The van der Waals surface area contributed by atoms with Crippen LogP contribution in [-0.4, -0.2) is 23.4 Å². The third-order valence-electron chi connectivity index (χ3n) is 3.78. The lowest BCUT2D eigenvalue weighted by Gasteiger charge is -2.17. The lowest BCUT2D eigenvalue weighted by Crippen LogP contribution is -2.13. The molecule has 0 bridgehead atoms. The molecule has 0 N–H and O–H groups in total. The van der Waals surface area contributed by atoms with Gasteiger partial charge in [-0.15, -0.1) is 0 Å². The molecule has 0 aliphatic heterocycles. The second kappa shape index (κ2) is 7.59. The molecule has 0 saturated heterocycles. The van der Waals surface area contributed by atoms with Gasteiger partial charge in [0, 0.05) is 19.0 Å². The molecule has 0 saturated carbocycles. The van der Waals surface area contributed by atoms with Gasteiger partial charge in [0.15, 0.2) is 5.78 Å². The number of methoxy groups -OCH3 is 1. The van der Waals surface area contributed by atoms with E-state index in [1.54, 1.807) is 0 Å². The highest BCUT2D eigenvalue weighted by atomic mass is 16.5. The number of nitrogens with zero attached hydrogens (tertiary/aromatic N) is 1. The standard InChI is InChI=1S/C18H21NO3/c1-14(15-8-4-3-5-9-15)19-13-7-10-16(19)17(20)11-6-12-18(21)22-2/h3-5,7-10,13-14H,6,11-12H2,1-2H3/t14-/m1/s1. The molecule has 116 valence electrons. The van der Waals surface area contributed by atoms with Gasteiger partial charge < -0.3 is 9.30 Å². The molecule has 4 heteroatoms. The molecule has 1 heterocycles. The number of aromatic nitrogens is 1. The highest BCUT2D eigenvalue weighted by molar-refractivity contribution is 5.94. The van der Waals surface area contributed by atoms with E-state index in [0.29, 0.717) is 18.5 Å². The van der Waals surface area contributed by atoms with Crippen LogP contribution in [0.4, 0.5) is 0 Å². The summed E-state index contributed by atoms with van der Waals surface area (Å²) in [5.74, 6) is -0.225. The summed E-state index contributed by atoms with van der Waals surface area (Å²) < 4.78 is 6.57. The van der Waals surface area contributed by atoms with Crippen molar-refractivity contribution in [2.75, 3.05) is 7.11 Å². The number of ketones is 1. The van der Waals surface area contributed by atoms with Gasteiger partial charge in [-0.25, -0.2) is 0 Å². The van der Waals surface area contributed by atoms with Crippen LogP contribution in [0.25, 0.3) is 0 Å². The van der Waals surface area contributed by atoms with Crippen molar-refractivity contribution in [1.82, 2.24) is 4.57 Å². The van der Waals surface area contributed by atoms with E-state index >= 15 is 0 Å². The van der Waals surface area contributed by atoms with E-state index in [0.717, 1.165) is 5.56 Å². The van der Waals surface area contributed by atoms with E-state index in [2.05, 4.69) is 23.8 Å². The summed E-state index contributed by atoms with van der Waals surface area (Å²) in [4.78, 5) is 23.5.